The second kappa shape index (κ2) is 8.38. The third kappa shape index (κ3) is 3.96. The van der Waals surface area contributed by atoms with Gasteiger partial charge in [0.2, 0.25) is 5.95 Å². The fourth-order valence-electron chi connectivity index (χ4n) is 4.39. The zero-order valence-electron chi connectivity index (χ0n) is 19.1. The van der Waals surface area contributed by atoms with Crippen molar-refractivity contribution in [2.24, 2.45) is 0 Å². The van der Waals surface area contributed by atoms with E-state index < -0.39 is 41.1 Å². The zero-order chi connectivity index (χ0) is 24.2. The van der Waals surface area contributed by atoms with Gasteiger partial charge in [0, 0.05) is 4.90 Å². The van der Waals surface area contributed by atoms with Crippen LogP contribution in [0.5, 0.6) is 5.75 Å². The van der Waals surface area contributed by atoms with Gasteiger partial charge in [-0.15, -0.1) is 11.8 Å². The summed E-state index contributed by atoms with van der Waals surface area (Å²) in [5.41, 5.74) is 5.71. The van der Waals surface area contributed by atoms with Crippen LogP contribution in [0.15, 0.2) is 40.3 Å². The molecule has 3 aromatic rings. The maximum Gasteiger partial charge on any atom is 0.280 e. The van der Waals surface area contributed by atoms with Gasteiger partial charge in [-0.25, -0.2) is 4.98 Å². The first kappa shape index (κ1) is 22.8. The molecule has 0 saturated carbocycles. The molecule has 180 valence electrons. The van der Waals surface area contributed by atoms with Crippen molar-refractivity contribution in [3.63, 3.8) is 0 Å². The van der Waals surface area contributed by atoms with Crippen molar-refractivity contribution in [3.8, 4) is 5.75 Å². The summed E-state index contributed by atoms with van der Waals surface area (Å²) in [4.78, 5) is 36.8. The van der Waals surface area contributed by atoms with Crippen LogP contribution in [0.3, 0.4) is 0 Å². The topological polar surface area (TPSA) is 144 Å². The van der Waals surface area contributed by atoms with Crippen molar-refractivity contribution in [2.75, 3.05) is 12.8 Å². The number of carbonyl (C=O) groups is 1. The van der Waals surface area contributed by atoms with Gasteiger partial charge in [-0.3, -0.25) is 19.1 Å². The minimum Gasteiger partial charge on any atom is -0.497 e. The fraction of sp³-hybridized carbons (Fsp3) is 0.455. The zero-order valence-corrected chi connectivity index (χ0v) is 19.9. The standard InChI is InChI=1S/C22H25N5O6S/c1-10(28)17(34-12-7-5-11(30-4)6-8-12)15-14-16(33-22(2,3)32-14)20(31-15)27-9-24-13-18(27)25-21(23)26-19(13)29/h5-9,14-17,20H,1-4H3,(H3,23,25,26,29)/t14-,15+,16-,17?,20-/m1/s1. The number of methoxy groups -OCH3 is 1. The molecule has 0 radical (unpaired) electrons. The monoisotopic (exact) mass is 487 g/mol. The van der Waals surface area contributed by atoms with E-state index in [1.807, 2.05) is 38.1 Å². The van der Waals surface area contributed by atoms with Gasteiger partial charge < -0.3 is 24.7 Å². The van der Waals surface area contributed by atoms with Crippen molar-refractivity contribution in [3.05, 3.63) is 40.9 Å². The largest absolute Gasteiger partial charge is 0.497 e. The summed E-state index contributed by atoms with van der Waals surface area (Å²) >= 11 is 1.39. The average molecular weight is 488 g/mol. The number of carbonyl (C=O) groups excluding carboxylic acids is 1. The van der Waals surface area contributed by atoms with Gasteiger partial charge in [-0.05, 0) is 45.0 Å². The summed E-state index contributed by atoms with van der Waals surface area (Å²) in [5, 5.41) is -0.570. The molecule has 5 rings (SSSR count). The third-order valence-corrected chi connectivity index (χ3v) is 7.21. The second-order valence-electron chi connectivity index (χ2n) is 8.66. The van der Waals surface area contributed by atoms with E-state index in [0.717, 1.165) is 10.6 Å². The molecule has 11 nitrogen and oxygen atoms in total. The van der Waals surface area contributed by atoms with E-state index in [-0.39, 0.29) is 22.9 Å². The molecule has 0 spiro atoms. The van der Waals surface area contributed by atoms with Crippen LogP contribution in [0.25, 0.3) is 11.2 Å². The van der Waals surface area contributed by atoms with Crippen LogP contribution >= 0.6 is 11.8 Å². The summed E-state index contributed by atoms with van der Waals surface area (Å²) < 4.78 is 25.6. The Bertz CT molecular complexity index is 1290. The minimum absolute atomic E-state index is 0.0362. The number of hydrogen-bond donors (Lipinski definition) is 2. The number of aromatic amines is 1. The van der Waals surface area contributed by atoms with E-state index in [2.05, 4.69) is 15.0 Å². The lowest BCUT2D eigenvalue weighted by atomic mass is 10.1. The first-order chi connectivity index (χ1) is 16.2. The number of imidazole rings is 1. The third-order valence-electron chi connectivity index (χ3n) is 5.81. The molecule has 4 heterocycles. The number of H-pyrrole nitrogens is 1. The number of fused-ring (bicyclic) bond motifs is 2. The van der Waals surface area contributed by atoms with Crippen LogP contribution in [0, 0.1) is 0 Å². The van der Waals surface area contributed by atoms with Gasteiger partial charge in [0.25, 0.3) is 5.56 Å². The summed E-state index contributed by atoms with van der Waals surface area (Å²) in [7, 11) is 1.60. The molecular weight excluding hydrogens is 462 g/mol. The number of ether oxygens (including phenoxy) is 4. The quantitative estimate of drug-likeness (QED) is 0.495. The van der Waals surface area contributed by atoms with Crippen LogP contribution in [0.1, 0.15) is 27.0 Å². The van der Waals surface area contributed by atoms with Crippen LogP contribution in [-0.2, 0) is 19.0 Å². The Labute approximate surface area is 198 Å². The highest BCUT2D eigenvalue weighted by Gasteiger charge is 2.58. The number of rotatable bonds is 6. The van der Waals surface area contributed by atoms with Crippen molar-refractivity contribution in [2.45, 2.75) is 61.2 Å². The van der Waals surface area contributed by atoms with Gasteiger partial charge >= 0.3 is 0 Å². The number of nitrogens with two attached hydrogens (primary N) is 1. The van der Waals surface area contributed by atoms with Gasteiger partial charge in [0.15, 0.2) is 23.2 Å². The Morgan fingerprint density at radius 2 is 1.97 bits per heavy atom. The molecule has 2 aliphatic rings. The normalized spacial score (nSPS) is 26.5. The van der Waals surface area contributed by atoms with E-state index in [9.17, 15) is 9.59 Å². The van der Waals surface area contributed by atoms with Crippen molar-refractivity contribution >= 4 is 34.7 Å². The molecule has 3 N–H and O–H groups in total. The van der Waals surface area contributed by atoms with Crippen LogP contribution in [0.4, 0.5) is 5.95 Å². The molecule has 2 aromatic heterocycles. The number of Topliss-reactive ketones (excluding diaryl/α,β-unsaturated/α-hetero) is 1. The van der Waals surface area contributed by atoms with Crippen molar-refractivity contribution < 1.29 is 23.7 Å². The van der Waals surface area contributed by atoms with Crippen LogP contribution in [0.2, 0.25) is 0 Å². The van der Waals surface area contributed by atoms with Crippen LogP contribution in [-0.4, -0.2) is 61.8 Å². The Morgan fingerprint density at radius 1 is 1.26 bits per heavy atom. The number of hydrogen-bond acceptors (Lipinski definition) is 10. The predicted octanol–water partition coefficient (Wildman–Crippen LogP) is 1.88. The fourth-order valence-corrected chi connectivity index (χ4v) is 5.49. The molecule has 0 aliphatic carbocycles. The maximum absolute atomic E-state index is 12.8. The van der Waals surface area contributed by atoms with Crippen LogP contribution < -0.4 is 16.0 Å². The van der Waals surface area contributed by atoms with Gasteiger partial charge in [0.1, 0.15) is 29.8 Å². The summed E-state index contributed by atoms with van der Waals surface area (Å²) in [6.07, 6.45) is -0.980. The number of nitrogens with zero attached hydrogens (tertiary/aromatic N) is 3. The Morgan fingerprint density at radius 3 is 2.65 bits per heavy atom. The number of thioether (sulfide) groups is 1. The van der Waals surface area contributed by atoms with Gasteiger partial charge in [0.05, 0.1) is 18.7 Å². The average Bonchev–Trinajstić information content (AvgIpc) is 3.43. The highest BCUT2D eigenvalue weighted by molar-refractivity contribution is 8.00. The minimum atomic E-state index is -0.887. The number of nitrogen functional groups attached to an aromatic ring is 1. The van der Waals surface area contributed by atoms with Crippen molar-refractivity contribution in [1.82, 2.24) is 19.5 Å². The second-order valence-corrected chi connectivity index (χ2v) is 9.87. The lowest BCUT2D eigenvalue weighted by Crippen LogP contribution is -2.40. The molecule has 12 heteroatoms. The Hall–Kier alpha value is -2.93. The lowest BCUT2D eigenvalue weighted by molar-refractivity contribution is -0.196. The summed E-state index contributed by atoms with van der Waals surface area (Å²) in [6, 6.07) is 7.46. The number of ketones is 1. The molecule has 0 amide bonds. The number of anilines is 1. The molecule has 1 aromatic carbocycles. The lowest BCUT2D eigenvalue weighted by Gasteiger charge is -2.28. The number of aromatic nitrogens is 4. The van der Waals surface area contributed by atoms with E-state index in [4.69, 9.17) is 24.7 Å². The Balaban J connectivity index is 1.51. The van der Waals surface area contributed by atoms with E-state index in [0.29, 0.717) is 0 Å². The molecule has 1 unspecified atom stereocenters. The first-order valence-corrected chi connectivity index (χ1v) is 11.6. The molecule has 5 atom stereocenters. The maximum atomic E-state index is 12.8. The predicted molar refractivity (Wildman–Crippen MR) is 124 cm³/mol. The van der Waals surface area contributed by atoms with E-state index in [1.54, 1.807) is 11.7 Å². The molecule has 34 heavy (non-hydrogen) atoms. The number of nitrogens with one attached hydrogen (secondary N) is 1. The summed E-state index contributed by atoms with van der Waals surface area (Å²) in [5.74, 6) is -0.259. The SMILES string of the molecule is COc1ccc(SC(C(C)=O)[C@H]2O[C@@H](n3cnc4c(=O)[nH]c(N)nc43)[C@@H]3OC(C)(C)O[C@@H]32)cc1. The van der Waals surface area contributed by atoms with Crippen molar-refractivity contribution in [1.29, 1.82) is 0 Å². The highest BCUT2D eigenvalue weighted by Crippen LogP contribution is 2.47. The Kier molecular flexibility index (Phi) is 5.63. The summed E-state index contributed by atoms with van der Waals surface area (Å²) in [6.45, 7) is 5.15. The van der Waals surface area contributed by atoms with E-state index >= 15 is 0 Å². The highest BCUT2D eigenvalue weighted by atomic mass is 32.2. The van der Waals surface area contributed by atoms with Gasteiger partial charge in [-0.2, -0.15) is 4.98 Å². The molecule has 2 fully saturated rings. The smallest absolute Gasteiger partial charge is 0.280 e. The number of benzene rings is 1. The molecule has 2 aliphatic heterocycles. The van der Waals surface area contributed by atoms with Gasteiger partial charge in [-0.1, -0.05) is 0 Å². The molecule has 2 saturated heterocycles. The molecule has 0 bridgehead atoms. The van der Waals surface area contributed by atoms with E-state index in [1.165, 1.54) is 25.0 Å². The first-order valence-electron chi connectivity index (χ1n) is 10.7. The molecular formula is C22H25N5O6S.